The topological polar surface area (TPSA) is 9.23 Å². The first-order valence-electron chi connectivity index (χ1n) is 10.7. The summed E-state index contributed by atoms with van der Waals surface area (Å²) in [6.07, 6.45) is 22.0. The van der Waals surface area contributed by atoms with Gasteiger partial charge in [0, 0.05) is 19.5 Å². The van der Waals surface area contributed by atoms with Crippen molar-refractivity contribution in [1.82, 2.24) is 0 Å². The zero-order valence-electron chi connectivity index (χ0n) is 17.2. The normalized spacial score (nSPS) is 11.9. The summed E-state index contributed by atoms with van der Waals surface area (Å²) in [5.41, 5.74) is 0. The number of ether oxygens (including phenoxy) is 1. The SMILES string of the molecule is CCCCCCCCCCOC(S)=[SH]CCCCCCCCCC.[Zn]. The third kappa shape index (κ3) is 25.2. The van der Waals surface area contributed by atoms with E-state index >= 15 is 0 Å². The van der Waals surface area contributed by atoms with Crippen LogP contribution in [0.4, 0.5) is 0 Å². The van der Waals surface area contributed by atoms with Gasteiger partial charge in [-0.25, -0.2) is 0 Å². The van der Waals surface area contributed by atoms with Crippen LogP contribution in [-0.4, -0.2) is 16.7 Å². The van der Waals surface area contributed by atoms with Gasteiger partial charge in [0.2, 0.25) is 0 Å². The predicted molar refractivity (Wildman–Crippen MR) is 119 cm³/mol. The standard InChI is InChI=1S/C21H44OS2.Zn/c1-3-5-7-9-11-13-15-17-19-22-21(23)24-20-18-16-14-12-10-8-6-4-2;/h23-24H,3-20H2,1-2H3;. The fraction of sp³-hybridized carbons (Fsp3) is 0.952. The number of rotatable bonds is 18. The quantitative estimate of drug-likeness (QED) is 0.0955. The van der Waals surface area contributed by atoms with Crippen LogP contribution in [0.5, 0.6) is 0 Å². The summed E-state index contributed by atoms with van der Waals surface area (Å²) >= 11 is 5.76. The van der Waals surface area contributed by atoms with Crippen molar-refractivity contribution in [3.63, 3.8) is 0 Å². The van der Waals surface area contributed by atoms with Crippen LogP contribution in [0.2, 0.25) is 0 Å². The van der Waals surface area contributed by atoms with E-state index in [0.717, 1.165) is 11.0 Å². The van der Waals surface area contributed by atoms with Gasteiger partial charge in [-0.3, -0.25) is 0 Å². The molecule has 0 aromatic heterocycles. The Morgan fingerprint density at radius 2 is 1.04 bits per heavy atom. The van der Waals surface area contributed by atoms with Crippen molar-refractivity contribution in [3.8, 4) is 0 Å². The second kappa shape index (κ2) is 25.2. The van der Waals surface area contributed by atoms with Gasteiger partial charge < -0.3 is 4.74 Å². The number of hydrogen-bond donors (Lipinski definition) is 2. The van der Waals surface area contributed by atoms with Gasteiger partial charge in [0.1, 0.15) is 4.38 Å². The van der Waals surface area contributed by atoms with E-state index in [1.54, 1.807) is 0 Å². The van der Waals surface area contributed by atoms with Crippen molar-refractivity contribution in [2.24, 2.45) is 0 Å². The predicted octanol–water partition coefficient (Wildman–Crippen LogP) is 7.76. The average Bonchev–Trinajstić information content (AvgIpc) is 2.59. The maximum absolute atomic E-state index is 5.73. The maximum atomic E-state index is 5.73. The molecule has 0 saturated carbocycles. The molecule has 0 bridgehead atoms. The van der Waals surface area contributed by atoms with Crippen LogP contribution in [0.25, 0.3) is 0 Å². The summed E-state index contributed by atoms with van der Waals surface area (Å²) < 4.78 is 6.66. The zero-order valence-corrected chi connectivity index (χ0v) is 22.0. The van der Waals surface area contributed by atoms with Gasteiger partial charge in [0.15, 0.2) is 0 Å². The molecule has 0 radical (unpaired) electrons. The molecule has 0 rings (SSSR count). The Hall–Kier alpha value is 1.15. The fourth-order valence-electron chi connectivity index (χ4n) is 2.87. The summed E-state index contributed by atoms with van der Waals surface area (Å²) in [6, 6.07) is 0. The summed E-state index contributed by atoms with van der Waals surface area (Å²) in [6.45, 7) is 5.41. The van der Waals surface area contributed by atoms with E-state index in [4.69, 9.17) is 4.74 Å². The molecule has 0 aliphatic carbocycles. The van der Waals surface area contributed by atoms with E-state index in [-0.39, 0.29) is 19.5 Å². The molecule has 148 valence electrons. The van der Waals surface area contributed by atoms with Crippen molar-refractivity contribution < 1.29 is 24.2 Å². The van der Waals surface area contributed by atoms with Gasteiger partial charge in [-0.1, -0.05) is 104 Å². The van der Waals surface area contributed by atoms with E-state index < -0.39 is 0 Å². The van der Waals surface area contributed by atoms with Crippen LogP contribution >= 0.6 is 24.0 Å². The van der Waals surface area contributed by atoms with E-state index in [9.17, 15) is 0 Å². The summed E-state index contributed by atoms with van der Waals surface area (Å²) in [5, 5.41) is 0. The molecule has 0 N–H and O–H groups in total. The molecule has 0 spiro atoms. The van der Waals surface area contributed by atoms with Gasteiger partial charge in [-0.15, -0.1) is 12.6 Å². The molecule has 0 unspecified atom stereocenters. The molecule has 0 aliphatic rings. The number of thiol groups is 2. The van der Waals surface area contributed by atoms with Crippen LogP contribution < -0.4 is 0 Å². The van der Waals surface area contributed by atoms with Gasteiger partial charge >= 0.3 is 0 Å². The second-order valence-corrected chi connectivity index (χ2v) is 8.89. The minimum Gasteiger partial charge on any atom is -0.335 e. The molecule has 0 aromatic carbocycles. The van der Waals surface area contributed by atoms with Gasteiger partial charge in [0.25, 0.3) is 0 Å². The molecule has 0 aliphatic heterocycles. The molecule has 0 saturated heterocycles. The van der Waals surface area contributed by atoms with E-state index in [1.807, 2.05) is 0 Å². The average molecular weight is 442 g/mol. The van der Waals surface area contributed by atoms with Crippen molar-refractivity contribution in [2.45, 2.75) is 117 Å². The fourth-order valence-corrected chi connectivity index (χ4v) is 4.01. The van der Waals surface area contributed by atoms with Gasteiger partial charge in [-0.05, 0) is 18.6 Å². The van der Waals surface area contributed by atoms with Gasteiger partial charge in [-0.2, -0.15) is 11.4 Å². The van der Waals surface area contributed by atoms with Crippen molar-refractivity contribution >= 4 is 28.4 Å². The summed E-state index contributed by atoms with van der Waals surface area (Å²) in [5.74, 6) is 1.21. The van der Waals surface area contributed by atoms with Crippen LogP contribution in [0, 0.1) is 0 Å². The molecule has 1 nitrogen and oxygen atoms in total. The van der Waals surface area contributed by atoms with Crippen molar-refractivity contribution in [1.29, 1.82) is 0 Å². The summed E-state index contributed by atoms with van der Waals surface area (Å²) in [4.78, 5) is 0. The van der Waals surface area contributed by atoms with Crippen LogP contribution in [0.15, 0.2) is 0 Å². The van der Waals surface area contributed by atoms with E-state index in [0.29, 0.717) is 0 Å². The van der Waals surface area contributed by atoms with E-state index in [1.165, 1.54) is 120 Å². The van der Waals surface area contributed by atoms with Crippen LogP contribution in [0.3, 0.4) is 0 Å². The minimum atomic E-state index is 0. The zero-order chi connectivity index (χ0) is 17.7. The Balaban J connectivity index is 0. The molecule has 0 heterocycles. The van der Waals surface area contributed by atoms with Crippen molar-refractivity contribution in [3.05, 3.63) is 0 Å². The monoisotopic (exact) mass is 440 g/mol. The molecule has 4 heteroatoms. The summed E-state index contributed by atoms with van der Waals surface area (Å²) in [7, 11) is 0. The van der Waals surface area contributed by atoms with E-state index in [2.05, 4.69) is 26.5 Å². The first-order valence-corrected chi connectivity index (χ1v) is 12.2. The van der Waals surface area contributed by atoms with Crippen LogP contribution in [0.1, 0.15) is 117 Å². The molecule has 0 atom stereocenters. The Morgan fingerprint density at radius 1 is 0.640 bits per heavy atom. The first-order chi connectivity index (χ1) is 11.8. The molecular formula is C21H44OS2Zn. The Morgan fingerprint density at radius 3 is 1.52 bits per heavy atom. The first kappa shape index (κ1) is 28.4. The van der Waals surface area contributed by atoms with Gasteiger partial charge in [0.05, 0.1) is 6.61 Å². The second-order valence-electron chi connectivity index (χ2n) is 6.96. The molecular weight excluding hydrogens is 398 g/mol. The van der Waals surface area contributed by atoms with Crippen LogP contribution in [-0.2, 0) is 24.2 Å². The minimum absolute atomic E-state index is 0. The Labute approximate surface area is 181 Å². The maximum Gasteiger partial charge on any atom is 0.127 e. The number of unbranched alkanes of at least 4 members (excludes halogenated alkanes) is 14. The Bertz CT molecular complexity index is 273. The molecule has 0 aromatic rings. The molecule has 0 fully saturated rings. The largest absolute Gasteiger partial charge is 0.335 e. The number of hydrogen-bond acceptors (Lipinski definition) is 1. The third-order valence-electron chi connectivity index (χ3n) is 4.49. The Kier molecular flexibility index (Phi) is 28.5. The molecule has 25 heavy (non-hydrogen) atoms. The smallest absolute Gasteiger partial charge is 0.127 e. The van der Waals surface area contributed by atoms with Crippen molar-refractivity contribution in [2.75, 3.05) is 12.4 Å². The third-order valence-corrected chi connectivity index (χ3v) is 5.98. The molecule has 0 amide bonds.